The molecule has 1 heterocycles. The minimum atomic E-state index is -0.833. The van der Waals surface area contributed by atoms with Gasteiger partial charge in [-0.05, 0) is 72.6 Å². The van der Waals surface area contributed by atoms with Crippen LogP contribution < -0.4 is 10.1 Å². The maximum atomic E-state index is 14.3. The number of thioether (sulfide) groups is 1. The summed E-state index contributed by atoms with van der Waals surface area (Å²) < 4.78 is 29.9. The summed E-state index contributed by atoms with van der Waals surface area (Å²) in [5.74, 6) is 0.472. The van der Waals surface area contributed by atoms with E-state index < -0.39 is 34.7 Å². The smallest absolute Gasteiger partial charge is 0.435 e. The number of halogens is 1. The number of nitrogens with one attached hydrogen (secondary N) is 1. The molecule has 8 nitrogen and oxygen atoms in total. The minimum Gasteiger partial charge on any atom is -0.494 e. The zero-order valence-electron chi connectivity index (χ0n) is 21.1. The summed E-state index contributed by atoms with van der Waals surface area (Å²) in [6.07, 6.45) is -0.807. The molecule has 0 saturated heterocycles. The normalized spacial score (nSPS) is 19.2. The summed E-state index contributed by atoms with van der Waals surface area (Å²) in [7, 11) is 1.41. The Morgan fingerprint density at radius 3 is 2.38 bits per heavy atom. The van der Waals surface area contributed by atoms with Gasteiger partial charge >= 0.3 is 12.2 Å². The summed E-state index contributed by atoms with van der Waals surface area (Å²) >= 11 is 1.49. The number of carbonyl (C=O) groups is 2. The number of alkyl carbamates (subject to hydrolysis) is 1. The lowest BCUT2D eigenvalue weighted by molar-refractivity contribution is 0.0562. The molecule has 0 spiro atoms. The first-order valence-electron chi connectivity index (χ1n) is 11.0. The van der Waals surface area contributed by atoms with E-state index in [1.165, 1.54) is 24.9 Å². The second-order valence-corrected chi connectivity index (χ2v) is 11.2. The van der Waals surface area contributed by atoms with Gasteiger partial charge in [0.05, 0.1) is 24.1 Å². The van der Waals surface area contributed by atoms with E-state index in [0.717, 1.165) is 5.75 Å². The monoisotopic (exact) mass is 495 g/mol. The van der Waals surface area contributed by atoms with E-state index >= 15 is 0 Å². The van der Waals surface area contributed by atoms with E-state index in [1.807, 2.05) is 6.92 Å². The molecule has 2 rings (SSSR count). The van der Waals surface area contributed by atoms with Gasteiger partial charge < -0.3 is 14.2 Å². The average molecular weight is 496 g/mol. The SMILES string of the molecule is COc1ccc(C2(C)CCSC(CC(=NC(=O)OC(C)(C)C)NC(=O)OC(C)(C)C)=N2)cc1F. The predicted molar refractivity (Wildman–Crippen MR) is 132 cm³/mol. The van der Waals surface area contributed by atoms with Crippen LogP contribution >= 0.6 is 11.8 Å². The molecule has 10 heteroatoms. The molecule has 188 valence electrons. The minimum absolute atomic E-state index is 0.0555. The van der Waals surface area contributed by atoms with Crippen LogP contribution in [0.4, 0.5) is 14.0 Å². The van der Waals surface area contributed by atoms with Crippen LogP contribution in [0.5, 0.6) is 5.75 Å². The first-order chi connectivity index (χ1) is 15.6. The van der Waals surface area contributed by atoms with Gasteiger partial charge in [-0.15, -0.1) is 11.8 Å². The lowest BCUT2D eigenvalue weighted by Crippen LogP contribution is -2.38. The number of nitrogens with zero attached hydrogens (tertiary/aromatic N) is 2. The van der Waals surface area contributed by atoms with Crippen molar-refractivity contribution >= 4 is 34.8 Å². The van der Waals surface area contributed by atoms with Gasteiger partial charge in [0.2, 0.25) is 0 Å². The summed E-state index contributed by atoms with van der Waals surface area (Å²) in [6, 6.07) is 4.78. The predicted octanol–water partition coefficient (Wildman–Crippen LogP) is 5.83. The molecule has 1 unspecified atom stereocenters. The Hall–Kier alpha value is -2.62. The standard InChI is InChI=1S/C24H34FN3O5S/c1-22(2,3)32-20(29)26-18(27-21(30)33-23(4,5)6)14-19-28-24(7,11-12-34-19)15-9-10-17(31-8)16(25)13-15/h9-10,13H,11-12,14H2,1-8H3,(H,26,27,29,30). The van der Waals surface area contributed by atoms with Crippen LogP contribution in [0.2, 0.25) is 0 Å². The maximum Gasteiger partial charge on any atom is 0.435 e. The molecular formula is C24H34FN3O5S. The first-order valence-corrected chi connectivity index (χ1v) is 11.9. The van der Waals surface area contributed by atoms with Gasteiger partial charge in [-0.2, -0.15) is 4.99 Å². The molecule has 1 aliphatic rings. The van der Waals surface area contributed by atoms with Gasteiger partial charge in [0.1, 0.15) is 17.0 Å². The van der Waals surface area contributed by atoms with Crippen molar-refractivity contribution < 1.29 is 28.2 Å². The van der Waals surface area contributed by atoms with E-state index in [9.17, 15) is 14.0 Å². The van der Waals surface area contributed by atoms with Crippen molar-refractivity contribution in [3.8, 4) is 5.75 Å². The summed E-state index contributed by atoms with van der Waals surface area (Å²) in [4.78, 5) is 33.5. The van der Waals surface area contributed by atoms with E-state index in [0.29, 0.717) is 17.0 Å². The van der Waals surface area contributed by atoms with Crippen LogP contribution in [-0.2, 0) is 15.0 Å². The molecule has 1 aromatic rings. The number of ether oxygens (including phenoxy) is 3. The van der Waals surface area contributed by atoms with Gasteiger partial charge in [-0.3, -0.25) is 10.3 Å². The Kier molecular flexibility index (Phi) is 8.74. The summed E-state index contributed by atoms with van der Waals surface area (Å²) in [6.45, 7) is 12.3. The Labute approximate surface area is 204 Å². The third-order valence-electron chi connectivity index (χ3n) is 4.59. The first kappa shape index (κ1) is 27.6. The van der Waals surface area contributed by atoms with Crippen molar-refractivity contribution in [1.82, 2.24) is 5.32 Å². The molecule has 0 aliphatic carbocycles. The molecule has 0 fully saturated rings. The van der Waals surface area contributed by atoms with Gasteiger partial charge in [-0.1, -0.05) is 6.07 Å². The number of benzene rings is 1. The molecule has 0 saturated carbocycles. The van der Waals surface area contributed by atoms with Gasteiger partial charge in [0, 0.05) is 5.75 Å². The number of hydrogen-bond acceptors (Lipinski definition) is 7. The highest BCUT2D eigenvalue weighted by molar-refractivity contribution is 8.14. The fourth-order valence-electron chi connectivity index (χ4n) is 3.10. The Morgan fingerprint density at radius 1 is 1.18 bits per heavy atom. The van der Waals surface area contributed by atoms with Crippen molar-refractivity contribution in [3.63, 3.8) is 0 Å². The van der Waals surface area contributed by atoms with Crippen molar-refractivity contribution in [2.45, 2.75) is 78.0 Å². The quantitative estimate of drug-likeness (QED) is 0.417. The van der Waals surface area contributed by atoms with Crippen LogP contribution in [0.15, 0.2) is 28.2 Å². The van der Waals surface area contributed by atoms with Crippen LogP contribution in [0.1, 0.15) is 66.9 Å². The number of hydrogen-bond donors (Lipinski definition) is 1. The number of amides is 2. The Morgan fingerprint density at radius 2 is 1.82 bits per heavy atom. The van der Waals surface area contributed by atoms with Crippen LogP contribution in [0.3, 0.4) is 0 Å². The highest BCUT2D eigenvalue weighted by Crippen LogP contribution is 2.38. The van der Waals surface area contributed by atoms with Crippen molar-refractivity contribution in [2.24, 2.45) is 9.98 Å². The molecule has 1 aromatic carbocycles. The third kappa shape index (κ3) is 8.62. The largest absolute Gasteiger partial charge is 0.494 e. The Balaban J connectivity index is 2.32. The van der Waals surface area contributed by atoms with Crippen LogP contribution in [-0.4, -0.2) is 47.1 Å². The van der Waals surface area contributed by atoms with Gasteiger partial charge in [-0.25, -0.2) is 14.0 Å². The zero-order chi connectivity index (χ0) is 25.7. The highest BCUT2D eigenvalue weighted by Gasteiger charge is 2.32. The number of rotatable bonds is 4. The molecule has 1 atom stereocenters. The second kappa shape index (κ2) is 10.8. The Bertz CT molecular complexity index is 982. The van der Waals surface area contributed by atoms with E-state index in [2.05, 4.69) is 10.3 Å². The second-order valence-electron chi connectivity index (χ2n) is 10.1. The number of methoxy groups -OCH3 is 1. The fourth-order valence-corrected chi connectivity index (χ4v) is 4.34. The lowest BCUT2D eigenvalue weighted by atomic mass is 9.89. The number of amidine groups is 1. The molecular weight excluding hydrogens is 461 g/mol. The number of carbonyl (C=O) groups excluding carboxylic acids is 2. The van der Waals surface area contributed by atoms with Crippen molar-refractivity contribution in [1.29, 1.82) is 0 Å². The van der Waals surface area contributed by atoms with Gasteiger partial charge in [0.25, 0.3) is 0 Å². The maximum absolute atomic E-state index is 14.3. The molecule has 0 aromatic heterocycles. The topological polar surface area (TPSA) is 98.6 Å². The zero-order valence-corrected chi connectivity index (χ0v) is 21.9. The molecule has 1 N–H and O–H groups in total. The summed E-state index contributed by atoms with van der Waals surface area (Å²) in [5, 5.41) is 3.19. The highest BCUT2D eigenvalue weighted by atomic mass is 32.2. The average Bonchev–Trinajstić information content (AvgIpc) is 2.64. The van der Waals surface area contributed by atoms with E-state index in [-0.39, 0.29) is 18.0 Å². The lowest BCUT2D eigenvalue weighted by Gasteiger charge is -2.31. The van der Waals surface area contributed by atoms with E-state index in [1.54, 1.807) is 53.7 Å². The van der Waals surface area contributed by atoms with E-state index in [4.69, 9.17) is 19.2 Å². The molecule has 0 bridgehead atoms. The van der Waals surface area contributed by atoms with Gasteiger partial charge in [0.15, 0.2) is 11.6 Å². The molecule has 0 radical (unpaired) electrons. The van der Waals surface area contributed by atoms with Crippen LogP contribution in [0.25, 0.3) is 0 Å². The summed E-state index contributed by atoms with van der Waals surface area (Å²) in [5.41, 5.74) is -1.45. The third-order valence-corrected chi connectivity index (χ3v) is 5.56. The molecule has 2 amide bonds. The van der Waals surface area contributed by atoms with Crippen LogP contribution in [0, 0.1) is 5.82 Å². The number of aliphatic imine (C=N–C) groups is 2. The van der Waals surface area contributed by atoms with Crippen molar-refractivity contribution in [2.75, 3.05) is 12.9 Å². The molecule has 1 aliphatic heterocycles. The molecule has 34 heavy (non-hydrogen) atoms. The fraction of sp³-hybridized carbons (Fsp3) is 0.583. The van der Waals surface area contributed by atoms with Crippen molar-refractivity contribution in [3.05, 3.63) is 29.6 Å².